The smallest absolute Gasteiger partial charge is 0.310 e. The molecule has 0 bridgehead atoms. The van der Waals surface area contributed by atoms with Gasteiger partial charge in [0.1, 0.15) is 11.3 Å². The Balaban J connectivity index is 1.43. The highest BCUT2D eigenvalue weighted by atomic mass is 16.5. The van der Waals surface area contributed by atoms with E-state index in [2.05, 4.69) is 10.3 Å². The lowest BCUT2D eigenvalue weighted by molar-refractivity contribution is -0.146. The van der Waals surface area contributed by atoms with Crippen LogP contribution in [0.1, 0.15) is 50.6 Å². The van der Waals surface area contributed by atoms with Gasteiger partial charge in [0.15, 0.2) is 0 Å². The van der Waals surface area contributed by atoms with Gasteiger partial charge in [0.2, 0.25) is 0 Å². The Kier molecular flexibility index (Phi) is 9.04. The number of carbonyl (C=O) groups is 1. The largest absolute Gasteiger partial charge is 0.497 e. The number of carbonyl (C=O) groups excluding carboxylic acids is 1. The Bertz CT molecular complexity index is 971. The minimum absolute atomic E-state index is 0.0822. The van der Waals surface area contributed by atoms with Crippen molar-refractivity contribution in [1.82, 2.24) is 15.0 Å². The normalized spacial score (nSPS) is 13.1. The van der Waals surface area contributed by atoms with Crippen LogP contribution in [-0.2, 0) is 20.9 Å². The van der Waals surface area contributed by atoms with Gasteiger partial charge in [-0.15, -0.1) is 5.10 Å². The number of para-hydroxylation sites is 1. The summed E-state index contributed by atoms with van der Waals surface area (Å²) in [6.45, 7) is 3.25. The van der Waals surface area contributed by atoms with Crippen LogP contribution in [-0.4, -0.2) is 41.8 Å². The van der Waals surface area contributed by atoms with Gasteiger partial charge in [0, 0.05) is 6.61 Å². The van der Waals surface area contributed by atoms with Gasteiger partial charge in [-0.25, -0.2) is 4.68 Å². The van der Waals surface area contributed by atoms with Crippen LogP contribution in [0.15, 0.2) is 48.5 Å². The standard InChI is InChI=1S/C25H33N3O4/c1-19(25(29)31-3)23(28-24-12-8-7-10-22(24)26-27-28)11-6-4-5-9-17-32-18-20-13-15-21(30-2)16-14-20/h7-8,10,12-16,19,23H,4-6,9,11,17-18H2,1-3H3/t19-,23+/m0/s1. The highest BCUT2D eigenvalue weighted by molar-refractivity contribution is 5.75. The molecule has 0 unspecified atom stereocenters. The Labute approximate surface area is 189 Å². The van der Waals surface area contributed by atoms with Crippen molar-refractivity contribution in [3.8, 4) is 5.75 Å². The van der Waals surface area contributed by atoms with Crippen molar-refractivity contribution in [3.05, 3.63) is 54.1 Å². The molecule has 3 aromatic rings. The predicted octanol–water partition coefficient (Wildman–Crippen LogP) is 4.96. The molecule has 7 heteroatoms. The average Bonchev–Trinajstić information content (AvgIpc) is 3.26. The quantitative estimate of drug-likeness (QED) is 0.277. The second-order valence-electron chi connectivity index (χ2n) is 8.01. The second-order valence-corrected chi connectivity index (χ2v) is 8.01. The summed E-state index contributed by atoms with van der Waals surface area (Å²) in [6, 6.07) is 15.7. The van der Waals surface area contributed by atoms with Crippen LogP contribution >= 0.6 is 0 Å². The highest BCUT2D eigenvalue weighted by Crippen LogP contribution is 2.28. The van der Waals surface area contributed by atoms with Gasteiger partial charge in [-0.3, -0.25) is 4.79 Å². The van der Waals surface area contributed by atoms with Gasteiger partial charge in [-0.05, 0) is 49.6 Å². The van der Waals surface area contributed by atoms with E-state index in [1.165, 1.54) is 7.11 Å². The molecular weight excluding hydrogens is 406 g/mol. The summed E-state index contributed by atoms with van der Waals surface area (Å²) in [6.07, 6.45) is 5.01. The van der Waals surface area contributed by atoms with Gasteiger partial charge < -0.3 is 14.2 Å². The topological polar surface area (TPSA) is 75.5 Å². The first kappa shape index (κ1) is 23.7. The van der Waals surface area contributed by atoms with E-state index < -0.39 is 0 Å². The molecule has 0 aliphatic heterocycles. The van der Waals surface area contributed by atoms with Gasteiger partial charge >= 0.3 is 5.97 Å². The summed E-state index contributed by atoms with van der Waals surface area (Å²) < 4.78 is 17.8. The van der Waals surface area contributed by atoms with Crippen LogP contribution < -0.4 is 4.74 Å². The molecule has 0 radical (unpaired) electrons. The number of benzene rings is 2. The molecule has 2 atom stereocenters. The number of hydrogen-bond acceptors (Lipinski definition) is 6. The molecular formula is C25H33N3O4. The molecule has 0 N–H and O–H groups in total. The molecule has 0 fully saturated rings. The number of methoxy groups -OCH3 is 2. The fourth-order valence-corrected chi connectivity index (χ4v) is 3.88. The van der Waals surface area contributed by atoms with Crippen LogP contribution in [0.2, 0.25) is 0 Å². The number of nitrogens with zero attached hydrogens (tertiary/aromatic N) is 3. The first-order chi connectivity index (χ1) is 15.6. The lowest BCUT2D eigenvalue weighted by Crippen LogP contribution is -2.26. The third kappa shape index (κ3) is 6.29. The third-order valence-corrected chi connectivity index (χ3v) is 5.81. The maximum absolute atomic E-state index is 12.2. The number of ether oxygens (including phenoxy) is 3. The zero-order valence-electron chi connectivity index (χ0n) is 19.2. The number of fused-ring (bicyclic) bond motifs is 1. The van der Waals surface area contributed by atoms with Gasteiger partial charge in [0.25, 0.3) is 0 Å². The van der Waals surface area contributed by atoms with E-state index in [-0.39, 0.29) is 17.9 Å². The second kappa shape index (κ2) is 12.2. The minimum atomic E-state index is -0.294. The first-order valence-corrected chi connectivity index (χ1v) is 11.2. The lowest BCUT2D eigenvalue weighted by Gasteiger charge is -2.23. The average molecular weight is 440 g/mol. The molecule has 0 aliphatic rings. The molecule has 0 saturated carbocycles. The van der Waals surface area contributed by atoms with Crippen LogP contribution in [0.5, 0.6) is 5.75 Å². The first-order valence-electron chi connectivity index (χ1n) is 11.2. The zero-order valence-corrected chi connectivity index (χ0v) is 19.2. The monoisotopic (exact) mass is 439 g/mol. The molecule has 2 aromatic carbocycles. The number of esters is 1. The van der Waals surface area contributed by atoms with Gasteiger partial charge in [0.05, 0.1) is 38.3 Å². The Morgan fingerprint density at radius 1 is 1.00 bits per heavy atom. The maximum atomic E-state index is 12.2. The van der Waals surface area contributed by atoms with Crippen molar-refractivity contribution < 1.29 is 19.0 Å². The van der Waals surface area contributed by atoms with Crippen LogP contribution in [0.4, 0.5) is 0 Å². The molecule has 0 aliphatic carbocycles. The van der Waals surface area contributed by atoms with Crippen molar-refractivity contribution in [2.24, 2.45) is 5.92 Å². The molecule has 1 heterocycles. The van der Waals surface area contributed by atoms with E-state index in [0.29, 0.717) is 6.61 Å². The zero-order chi connectivity index (χ0) is 22.8. The van der Waals surface area contributed by atoms with E-state index in [1.807, 2.05) is 60.1 Å². The molecule has 32 heavy (non-hydrogen) atoms. The van der Waals surface area contributed by atoms with Crippen molar-refractivity contribution in [3.63, 3.8) is 0 Å². The summed E-state index contributed by atoms with van der Waals surface area (Å²) in [5.74, 6) is 0.340. The Morgan fingerprint density at radius 3 is 2.50 bits per heavy atom. The van der Waals surface area contributed by atoms with Crippen LogP contribution in [0.25, 0.3) is 11.0 Å². The fourth-order valence-electron chi connectivity index (χ4n) is 3.88. The van der Waals surface area contributed by atoms with Crippen molar-refractivity contribution in [2.75, 3.05) is 20.8 Å². The maximum Gasteiger partial charge on any atom is 0.310 e. The van der Waals surface area contributed by atoms with E-state index in [1.54, 1.807) is 7.11 Å². The van der Waals surface area contributed by atoms with E-state index in [4.69, 9.17) is 14.2 Å². The predicted molar refractivity (Wildman–Crippen MR) is 123 cm³/mol. The molecule has 0 amide bonds. The highest BCUT2D eigenvalue weighted by Gasteiger charge is 2.28. The van der Waals surface area contributed by atoms with E-state index >= 15 is 0 Å². The summed E-state index contributed by atoms with van der Waals surface area (Å²) in [4.78, 5) is 12.2. The molecule has 1 aromatic heterocycles. The number of rotatable bonds is 13. The molecule has 0 spiro atoms. The van der Waals surface area contributed by atoms with Crippen molar-refractivity contribution in [2.45, 2.75) is 51.7 Å². The summed E-state index contributed by atoms with van der Waals surface area (Å²) in [5.41, 5.74) is 2.93. The fraction of sp³-hybridized carbons (Fsp3) is 0.480. The lowest BCUT2D eigenvalue weighted by atomic mass is 9.95. The number of hydrogen-bond donors (Lipinski definition) is 0. The van der Waals surface area contributed by atoms with E-state index in [9.17, 15) is 4.79 Å². The molecule has 7 nitrogen and oxygen atoms in total. The van der Waals surface area contributed by atoms with Gasteiger partial charge in [-0.2, -0.15) is 0 Å². The van der Waals surface area contributed by atoms with Crippen LogP contribution in [0, 0.1) is 5.92 Å². The molecule has 172 valence electrons. The Morgan fingerprint density at radius 2 is 1.75 bits per heavy atom. The Hall–Kier alpha value is -2.93. The summed E-state index contributed by atoms with van der Waals surface area (Å²) in [5, 5.41) is 8.60. The molecule has 3 rings (SSSR count). The SMILES string of the molecule is COC(=O)[C@@H](C)[C@@H](CCCCCCOCc1ccc(OC)cc1)n1nnc2ccccc21. The van der Waals surface area contributed by atoms with Crippen molar-refractivity contribution >= 4 is 17.0 Å². The van der Waals surface area contributed by atoms with Crippen molar-refractivity contribution in [1.29, 1.82) is 0 Å². The number of aromatic nitrogens is 3. The summed E-state index contributed by atoms with van der Waals surface area (Å²) >= 11 is 0. The van der Waals surface area contributed by atoms with E-state index in [0.717, 1.165) is 61.1 Å². The number of unbranched alkanes of at least 4 members (excludes halogenated alkanes) is 3. The minimum Gasteiger partial charge on any atom is -0.497 e. The molecule has 0 saturated heterocycles. The van der Waals surface area contributed by atoms with Crippen LogP contribution in [0.3, 0.4) is 0 Å². The third-order valence-electron chi connectivity index (χ3n) is 5.81. The van der Waals surface area contributed by atoms with Gasteiger partial charge in [-0.1, -0.05) is 48.7 Å². The summed E-state index contributed by atoms with van der Waals surface area (Å²) in [7, 11) is 3.10.